The van der Waals surface area contributed by atoms with E-state index in [1.165, 1.54) is 19.4 Å². The van der Waals surface area contributed by atoms with Gasteiger partial charge in [0.1, 0.15) is 17.1 Å². The summed E-state index contributed by atoms with van der Waals surface area (Å²) in [6.07, 6.45) is 6.80. The average Bonchev–Trinajstić information content (AvgIpc) is 3.50. The van der Waals surface area contributed by atoms with E-state index in [1.54, 1.807) is 41.3 Å². The monoisotopic (exact) mass is 486 g/mol. The number of aromatic amines is 1. The third kappa shape index (κ3) is 4.48. The van der Waals surface area contributed by atoms with Crippen LogP contribution in [0.5, 0.6) is 17.4 Å². The van der Waals surface area contributed by atoms with E-state index in [9.17, 15) is 9.18 Å². The lowest BCUT2D eigenvalue weighted by Gasteiger charge is -2.13. The molecule has 0 aliphatic heterocycles. The van der Waals surface area contributed by atoms with Gasteiger partial charge in [0.25, 0.3) is 5.91 Å². The highest BCUT2D eigenvalue weighted by molar-refractivity contribution is 5.96. The van der Waals surface area contributed by atoms with E-state index in [4.69, 9.17) is 9.47 Å². The van der Waals surface area contributed by atoms with Crippen molar-refractivity contribution in [3.8, 4) is 28.6 Å². The minimum Gasteiger partial charge on any atom is -0.479 e. The second kappa shape index (κ2) is 9.49. The van der Waals surface area contributed by atoms with Crippen LogP contribution in [0.2, 0.25) is 0 Å². The summed E-state index contributed by atoms with van der Waals surface area (Å²) in [4.78, 5) is 24.5. The quantitative estimate of drug-likeness (QED) is 0.350. The first-order valence-corrected chi connectivity index (χ1v) is 11.1. The molecule has 4 heterocycles. The molecule has 0 saturated heterocycles. The number of rotatable bonds is 7. The van der Waals surface area contributed by atoms with Crippen LogP contribution in [0, 0.1) is 12.7 Å². The van der Waals surface area contributed by atoms with E-state index < -0.39 is 5.82 Å². The van der Waals surface area contributed by atoms with Gasteiger partial charge in [0.05, 0.1) is 24.4 Å². The summed E-state index contributed by atoms with van der Waals surface area (Å²) in [6, 6.07) is 10.3. The first kappa shape index (κ1) is 23.0. The highest BCUT2D eigenvalue weighted by Gasteiger charge is 2.16. The molecule has 36 heavy (non-hydrogen) atoms. The molecule has 0 unspecified atom stereocenters. The number of aromatic nitrogens is 5. The van der Waals surface area contributed by atoms with Crippen LogP contribution in [-0.2, 0) is 13.6 Å². The Morgan fingerprint density at radius 2 is 2.03 bits per heavy atom. The Morgan fingerprint density at radius 1 is 1.17 bits per heavy atom. The number of hydrogen-bond acceptors (Lipinski definition) is 6. The molecule has 0 fully saturated rings. The summed E-state index contributed by atoms with van der Waals surface area (Å²) in [6.45, 7) is 1.93. The molecule has 0 aliphatic carbocycles. The molecular formula is C26H23FN6O3. The number of fused-ring (bicyclic) bond motifs is 1. The van der Waals surface area contributed by atoms with Gasteiger partial charge in [0, 0.05) is 48.9 Å². The second-order valence-electron chi connectivity index (χ2n) is 8.21. The number of aryl methyl sites for hydroxylation is 1. The molecule has 0 spiro atoms. The number of nitrogens with zero attached hydrogens (tertiary/aromatic N) is 4. The topological polar surface area (TPSA) is 107 Å². The zero-order chi connectivity index (χ0) is 25.2. The van der Waals surface area contributed by atoms with Gasteiger partial charge in [-0.2, -0.15) is 5.10 Å². The Morgan fingerprint density at radius 3 is 2.78 bits per heavy atom. The van der Waals surface area contributed by atoms with Gasteiger partial charge >= 0.3 is 0 Å². The number of benzene rings is 1. The summed E-state index contributed by atoms with van der Waals surface area (Å²) in [7, 11) is 3.20. The normalized spacial score (nSPS) is 11.0. The highest BCUT2D eigenvalue weighted by Crippen LogP contribution is 2.34. The molecule has 0 radical (unpaired) electrons. The van der Waals surface area contributed by atoms with Crippen molar-refractivity contribution < 1.29 is 18.7 Å². The molecule has 5 rings (SSSR count). The number of H-pyrrole nitrogens is 1. The van der Waals surface area contributed by atoms with Gasteiger partial charge in [0.2, 0.25) is 5.88 Å². The molecule has 182 valence electrons. The molecule has 10 heteroatoms. The molecule has 1 amide bonds. The third-order valence-electron chi connectivity index (χ3n) is 5.77. The maximum Gasteiger partial charge on any atom is 0.251 e. The van der Waals surface area contributed by atoms with Crippen LogP contribution >= 0.6 is 0 Å². The Labute approximate surface area is 205 Å². The number of halogens is 1. The van der Waals surface area contributed by atoms with Gasteiger partial charge in [-0.25, -0.2) is 14.4 Å². The maximum atomic E-state index is 13.9. The summed E-state index contributed by atoms with van der Waals surface area (Å²) in [5, 5.41) is 7.82. The van der Waals surface area contributed by atoms with Crippen LogP contribution in [0.3, 0.4) is 0 Å². The minimum atomic E-state index is -0.587. The Hall–Kier alpha value is -4.73. The lowest BCUT2D eigenvalue weighted by Crippen LogP contribution is -2.23. The van der Waals surface area contributed by atoms with Crippen molar-refractivity contribution in [3.63, 3.8) is 0 Å². The summed E-state index contributed by atoms with van der Waals surface area (Å²) < 4.78 is 26.7. The number of pyridine rings is 2. The molecule has 0 atom stereocenters. The predicted molar refractivity (Wildman–Crippen MR) is 131 cm³/mol. The SMILES string of the molecule is COc1ncc(CNC(=O)c2cccc(Oc3ccnc4[nH]c(-c5cnn(C)c5)cc34)c2C)cc1F. The summed E-state index contributed by atoms with van der Waals surface area (Å²) in [5.74, 6) is 0.153. The first-order chi connectivity index (χ1) is 17.4. The standard InChI is InChI=1S/C26H23FN6O3/c1-15-18(25(34)29-11-16-9-20(27)26(35-3)30-12-16)5-4-6-22(15)36-23-7-8-28-24-19(23)10-21(32-24)17-13-31-33(2)14-17/h4-10,12-14H,11H2,1-3H3,(H,28,32)(H,29,34). The molecule has 0 bridgehead atoms. The second-order valence-corrected chi connectivity index (χ2v) is 8.21. The molecule has 1 aromatic carbocycles. The van der Waals surface area contributed by atoms with E-state index in [2.05, 4.69) is 25.4 Å². The van der Waals surface area contributed by atoms with E-state index in [1.807, 2.05) is 26.2 Å². The van der Waals surface area contributed by atoms with Gasteiger partial charge in [-0.3, -0.25) is 9.48 Å². The van der Waals surface area contributed by atoms with Crippen LogP contribution in [0.4, 0.5) is 4.39 Å². The maximum absolute atomic E-state index is 13.9. The first-order valence-electron chi connectivity index (χ1n) is 11.1. The lowest BCUT2D eigenvalue weighted by molar-refractivity contribution is 0.0950. The van der Waals surface area contributed by atoms with Gasteiger partial charge < -0.3 is 19.8 Å². The van der Waals surface area contributed by atoms with Crippen LogP contribution in [-0.4, -0.2) is 37.7 Å². The number of amides is 1. The van der Waals surface area contributed by atoms with Gasteiger partial charge in [-0.15, -0.1) is 0 Å². The number of carbonyl (C=O) groups excluding carboxylic acids is 1. The third-order valence-corrected chi connectivity index (χ3v) is 5.77. The largest absolute Gasteiger partial charge is 0.479 e. The summed E-state index contributed by atoms with van der Waals surface area (Å²) >= 11 is 0. The molecule has 0 aliphatic rings. The number of ether oxygens (including phenoxy) is 2. The van der Waals surface area contributed by atoms with Crippen LogP contribution in [0.1, 0.15) is 21.5 Å². The van der Waals surface area contributed by atoms with Crippen LogP contribution < -0.4 is 14.8 Å². The fourth-order valence-electron chi connectivity index (χ4n) is 3.89. The van der Waals surface area contributed by atoms with Crippen LogP contribution in [0.25, 0.3) is 22.3 Å². The molecule has 0 saturated carbocycles. The lowest BCUT2D eigenvalue weighted by atomic mass is 10.1. The molecule has 4 aromatic heterocycles. The smallest absolute Gasteiger partial charge is 0.251 e. The van der Waals surface area contributed by atoms with Crippen molar-refractivity contribution in [2.75, 3.05) is 7.11 Å². The van der Waals surface area contributed by atoms with Crippen molar-refractivity contribution in [1.29, 1.82) is 0 Å². The van der Waals surface area contributed by atoms with Crippen molar-refractivity contribution in [3.05, 3.63) is 83.7 Å². The van der Waals surface area contributed by atoms with Crippen LogP contribution in [0.15, 0.2) is 61.2 Å². The zero-order valence-electron chi connectivity index (χ0n) is 19.9. The van der Waals surface area contributed by atoms with Crippen molar-refractivity contribution in [1.82, 2.24) is 30.0 Å². The summed E-state index contributed by atoms with van der Waals surface area (Å²) in [5.41, 5.74) is 4.12. The van der Waals surface area contributed by atoms with E-state index >= 15 is 0 Å². The van der Waals surface area contributed by atoms with Crippen molar-refractivity contribution in [2.24, 2.45) is 7.05 Å². The molecule has 2 N–H and O–H groups in total. The molecule has 9 nitrogen and oxygen atoms in total. The predicted octanol–water partition coefficient (Wildman–Crippen LogP) is 4.54. The van der Waals surface area contributed by atoms with Gasteiger partial charge in [-0.1, -0.05) is 6.07 Å². The van der Waals surface area contributed by atoms with Gasteiger partial charge in [0.15, 0.2) is 5.82 Å². The van der Waals surface area contributed by atoms with E-state index in [0.29, 0.717) is 33.8 Å². The van der Waals surface area contributed by atoms with Crippen molar-refractivity contribution in [2.45, 2.75) is 13.5 Å². The number of methoxy groups -OCH3 is 1. The fraction of sp³-hybridized carbons (Fsp3) is 0.154. The fourth-order valence-corrected chi connectivity index (χ4v) is 3.89. The molecular weight excluding hydrogens is 463 g/mol. The minimum absolute atomic E-state index is 0.0917. The van der Waals surface area contributed by atoms with Crippen molar-refractivity contribution >= 4 is 16.9 Å². The molecule has 5 aromatic rings. The number of nitrogens with one attached hydrogen (secondary N) is 2. The number of hydrogen-bond donors (Lipinski definition) is 2. The highest BCUT2D eigenvalue weighted by atomic mass is 19.1. The number of carbonyl (C=O) groups is 1. The van der Waals surface area contributed by atoms with E-state index in [0.717, 1.165) is 16.6 Å². The zero-order valence-corrected chi connectivity index (χ0v) is 19.9. The Bertz CT molecular complexity index is 1580. The van der Waals surface area contributed by atoms with Gasteiger partial charge in [-0.05, 0) is 42.8 Å². The average molecular weight is 487 g/mol. The Kier molecular flexibility index (Phi) is 6.07. The Balaban J connectivity index is 1.36. The van der Waals surface area contributed by atoms with E-state index in [-0.39, 0.29) is 18.3 Å².